The average molecular weight is 395 g/mol. The van der Waals surface area contributed by atoms with Crippen LogP contribution >= 0.6 is 0 Å². The Bertz CT molecular complexity index is 630. The van der Waals surface area contributed by atoms with E-state index in [0.717, 1.165) is 30.8 Å². The van der Waals surface area contributed by atoms with Crippen molar-refractivity contribution in [3.8, 4) is 0 Å². The summed E-state index contributed by atoms with van der Waals surface area (Å²) in [6, 6.07) is -0.0110. The Hall–Kier alpha value is -2.05. The first-order valence-corrected chi connectivity index (χ1v) is 10.1. The Morgan fingerprint density at radius 3 is 2.96 bits per heavy atom. The monoisotopic (exact) mass is 394 g/mol. The number of alkyl halides is 2. The molecule has 2 aliphatic rings. The summed E-state index contributed by atoms with van der Waals surface area (Å²) in [6.45, 7) is 10.1. The smallest absolute Gasteiger partial charge is 0.249 e. The van der Waals surface area contributed by atoms with Crippen LogP contribution in [-0.2, 0) is 4.79 Å². The molecule has 5 nitrogen and oxygen atoms in total. The van der Waals surface area contributed by atoms with E-state index in [1.54, 1.807) is 6.20 Å². The van der Waals surface area contributed by atoms with Crippen molar-refractivity contribution in [1.82, 2.24) is 10.2 Å². The zero-order valence-electron chi connectivity index (χ0n) is 16.8. The van der Waals surface area contributed by atoms with Gasteiger partial charge in [-0.05, 0) is 45.7 Å². The summed E-state index contributed by atoms with van der Waals surface area (Å²) in [5.74, 6) is -2.10. The Balaban J connectivity index is 2.05. The highest BCUT2D eigenvalue weighted by Gasteiger charge is 2.34. The minimum absolute atomic E-state index is 0.00664. The zero-order chi connectivity index (χ0) is 20.6. The quantitative estimate of drug-likeness (QED) is 0.706. The lowest BCUT2D eigenvalue weighted by Crippen LogP contribution is -2.41. The van der Waals surface area contributed by atoms with Gasteiger partial charge in [0.15, 0.2) is 0 Å². The van der Waals surface area contributed by atoms with Crippen LogP contribution in [0.25, 0.3) is 0 Å². The van der Waals surface area contributed by atoms with Gasteiger partial charge in [-0.2, -0.15) is 0 Å². The zero-order valence-corrected chi connectivity index (χ0v) is 16.8. The molecule has 1 N–H and O–H groups in total. The number of amidine groups is 1. The van der Waals surface area contributed by atoms with Crippen LogP contribution < -0.4 is 5.32 Å². The molecule has 1 fully saturated rings. The largest absolute Gasteiger partial charge is 0.360 e. The summed E-state index contributed by atoms with van der Waals surface area (Å²) < 4.78 is 27.5. The third-order valence-corrected chi connectivity index (χ3v) is 5.28. The minimum atomic E-state index is -2.62. The lowest BCUT2D eigenvalue weighted by atomic mass is 9.94. The fourth-order valence-electron chi connectivity index (χ4n) is 3.66. The summed E-state index contributed by atoms with van der Waals surface area (Å²) in [5, 5.41) is 3.05. The third kappa shape index (κ3) is 7.17. The second-order valence-corrected chi connectivity index (χ2v) is 7.80. The maximum absolute atomic E-state index is 13.7. The van der Waals surface area contributed by atoms with Crippen LogP contribution in [0.5, 0.6) is 0 Å². The molecular formula is C21H32F2N4O. The fourth-order valence-corrected chi connectivity index (χ4v) is 3.66. The molecule has 156 valence electrons. The van der Waals surface area contributed by atoms with Gasteiger partial charge in [0.25, 0.3) is 0 Å². The lowest BCUT2D eigenvalue weighted by Gasteiger charge is -2.29. The normalized spacial score (nSPS) is 26.5. The SMILES string of the molecule is C=N/C=C\CC(C)NC(=O)C1CCCC(=C)/N=C(/N2CCCC(F)(F)CC2)C1. The number of likely N-dealkylation sites (tertiary alicyclic amines) is 1. The Morgan fingerprint density at radius 1 is 1.43 bits per heavy atom. The number of carbonyl (C=O) groups is 1. The van der Waals surface area contributed by atoms with Crippen LogP contribution in [0.15, 0.2) is 34.5 Å². The summed E-state index contributed by atoms with van der Waals surface area (Å²) in [4.78, 5) is 23.0. The van der Waals surface area contributed by atoms with Crippen molar-refractivity contribution in [2.24, 2.45) is 15.9 Å². The van der Waals surface area contributed by atoms with Crippen molar-refractivity contribution in [3.63, 3.8) is 0 Å². The van der Waals surface area contributed by atoms with E-state index in [9.17, 15) is 13.6 Å². The Kier molecular flexibility index (Phi) is 8.33. The Labute approximate surface area is 166 Å². The number of amides is 1. The van der Waals surface area contributed by atoms with Crippen LogP contribution in [0.1, 0.15) is 58.3 Å². The number of hydrogen-bond donors (Lipinski definition) is 1. The molecule has 0 radical (unpaired) electrons. The van der Waals surface area contributed by atoms with Gasteiger partial charge >= 0.3 is 0 Å². The van der Waals surface area contributed by atoms with Crippen molar-refractivity contribution in [2.75, 3.05) is 13.1 Å². The van der Waals surface area contributed by atoms with E-state index in [-0.39, 0.29) is 37.3 Å². The van der Waals surface area contributed by atoms with Crippen LogP contribution in [0.2, 0.25) is 0 Å². The minimum Gasteiger partial charge on any atom is -0.360 e. The van der Waals surface area contributed by atoms with Gasteiger partial charge in [0.05, 0.1) is 0 Å². The molecule has 0 spiro atoms. The van der Waals surface area contributed by atoms with Crippen molar-refractivity contribution in [1.29, 1.82) is 0 Å². The molecule has 0 aliphatic carbocycles. The number of carbonyl (C=O) groups excluding carboxylic acids is 1. The molecule has 0 aromatic rings. The van der Waals surface area contributed by atoms with Gasteiger partial charge in [0, 0.05) is 56.2 Å². The summed E-state index contributed by atoms with van der Waals surface area (Å²) in [5.41, 5.74) is 0.764. The van der Waals surface area contributed by atoms with Gasteiger partial charge in [0.2, 0.25) is 11.8 Å². The number of aliphatic imine (C=N–C) groups is 2. The van der Waals surface area contributed by atoms with Crippen LogP contribution in [0, 0.1) is 5.92 Å². The predicted molar refractivity (Wildman–Crippen MR) is 110 cm³/mol. The van der Waals surface area contributed by atoms with Crippen LogP contribution in [0.4, 0.5) is 8.78 Å². The first-order chi connectivity index (χ1) is 13.3. The van der Waals surface area contributed by atoms with Gasteiger partial charge in [-0.25, -0.2) is 13.8 Å². The molecule has 2 atom stereocenters. The number of halogens is 2. The maximum atomic E-state index is 13.7. The van der Waals surface area contributed by atoms with E-state index in [1.165, 1.54) is 0 Å². The highest BCUT2D eigenvalue weighted by atomic mass is 19.3. The molecule has 0 bridgehead atoms. The molecule has 1 saturated heterocycles. The molecule has 7 heteroatoms. The second-order valence-electron chi connectivity index (χ2n) is 7.80. The molecule has 2 rings (SSSR count). The van der Waals surface area contributed by atoms with E-state index in [4.69, 9.17) is 0 Å². The predicted octanol–water partition coefficient (Wildman–Crippen LogP) is 4.32. The van der Waals surface area contributed by atoms with Gasteiger partial charge in [-0.15, -0.1) is 0 Å². The molecule has 2 unspecified atom stereocenters. The number of allylic oxidation sites excluding steroid dienone is 1. The summed E-state index contributed by atoms with van der Waals surface area (Å²) >= 11 is 0. The van der Waals surface area contributed by atoms with E-state index in [1.807, 2.05) is 17.9 Å². The van der Waals surface area contributed by atoms with Crippen molar-refractivity contribution in [2.45, 2.75) is 70.3 Å². The van der Waals surface area contributed by atoms with E-state index >= 15 is 0 Å². The van der Waals surface area contributed by atoms with E-state index < -0.39 is 5.92 Å². The van der Waals surface area contributed by atoms with E-state index in [2.05, 4.69) is 28.6 Å². The first-order valence-electron chi connectivity index (χ1n) is 10.1. The van der Waals surface area contributed by atoms with Crippen LogP contribution in [-0.4, -0.2) is 48.4 Å². The van der Waals surface area contributed by atoms with Crippen molar-refractivity contribution < 1.29 is 13.6 Å². The second kappa shape index (κ2) is 10.5. The summed E-state index contributed by atoms with van der Waals surface area (Å²) in [7, 11) is 0. The topological polar surface area (TPSA) is 57.1 Å². The van der Waals surface area contributed by atoms with Crippen LogP contribution in [0.3, 0.4) is 0 Å². The number of hydrogen-bond acceptors (Lipinski definition) is 4. The standard InChI is InChI=1S/C21H32F2N4O/c1-16-7-4-9-18(20(28)26-17(2)8-5-12-24-3)15-19(25-16)27-13-6-10-21(22,23)11-14-27/h5,12,17-18H,1,3-4,6-11,13-15H2,2H3,(H,26,28)/b12-5-,25-19+. The molecule has 1 amide bonds. The molecule has 0 saturated carbocycles. The number of nitrogens with zero attached hydrogens (tertiary/aromatic N) is 3. The number of rotatable bonds is 5. The molecular weight excluding hydrogens is 362 g/mol. The fraction of sp³-hybridized carbons (Fsp3) is 0.667. The Morgan fingerprint density at radius 2 is 2.21 bits per heavy atom. The highest BCUT2D eigenvalue weighted by molar-refractivity contribution is 5.89. The average Bonchev–Trinajstić information content (AvgIpc) is 2.78. The van der Waals surface area contributed by atoms with Gasteiger partial charge < -0.3 is 10.2 Å². The van der Waals surface area contributed by atoms with Gasteiger partial charge in [-0.1, -0.05) is 12.7 Å². The molecule has 0 aromatic heterocycles. The number of nitrogens with one attached hydrogen (secondary N) is 1. The van der Waals surface area contributed by atoms with Gasteiger partial charge in [0.1, 0.15) is 5.84 Å². The summed E-state index contributed by atoms with van der Waals surface area (Å²) in [6.07, 6.45) is 7.10. The molecule has 0 aromatic carbocycles. The molecule has 2 heterocycles. The van der Waals surface area contributed by atoms with Crippen molar-refractivity contribution >= 4 is 18.5 Å². The first kappa shape index (κ1) is 22.2. The maximum Gasteiger partial charge on any atom is 0.249 e. The van der Waals surface area contributed by atoms with Gasteiger partial charge in [-0.3, -0.25) is 9.79 Å². The highest BCUT2D eigenvalue weighted by Crippen LogP contribution is 2.30. The third-order valence-electron chi connectivity index (χ3n) is 5.28. The lowest BCUT2D eigenvalue weighted by molar-refractivity contribution is -0.125. The molecule has 28 heavy (non-hydrogen) atoms. The van der Waals surface area contributed by atoms with E-state index in [0.29, 0.717) is 25.8 Å². The molecule has 2 aliphatic heterocycles. The van der Waals surface area contributed by atoms with Crippen molar-refractivity contribution in [3.05, 3.63) is 24.6 Å².